The van der Waals surface area contributed by atoms with Gasteiger partial charge in [-0.05, 0) is 30.4 Å². The molecule has 0 saturated heterocycles. The fourth-order valence-electron chi connectivity index (χ4n) is 4.13. The molecule has 4 heteroatoms. The molecule has 0 heterocycles. The minimum absolute atomic E-state index is 0.0640. The van der Waals surface area contributed by atoms with E-state index in [1.165, 1.54) is 0 Å². The third kappa shape index (κ3) is 1.68. The summed E-state index contributed by atoms with van der Waals surface area (Å²) in [5, 5.41) is 0. The molecular formula is C17H22N2O2. The van der Waals surface area contributed by atoms with Crippen molar-refractivity contribution in [1.82, 2.24) is 5.43 Å². The summed E-state index contributed by atoms with van der Waals surface area (Å²) in [5.74, 6) is 0.166. The zero-order chi connectivity index (χ0) is 15.3. The fraction of sp³-hybridized carbons (Fsp3) is 0.529. The van der Waals surface area contributed by atoms with Crippen LogP contribution in [-0.4, -0.2) is 11.7 Å². The molecule has 2 fully saturated rings. The number of hydrogen-bond donors (Lipinski definition) is 2. The number of rotatable bonds is 3. The average molecular weight is 286 g/mol. The van der Waals surface area contributed by atoms with E-state index in [-0.39, 0.29) is 22.5 Å². The van der Waals surface area contributed by atoms with Crippen molar-refractivity contribution in [1.29, 1.82) is 0 Å². The molecule has 21 heavy (non-hydrogen) atoms. The van der Waals surface area contributed by atoms with Crippen LogP contribution in [0.3, 0.4) is 0 Å². The summed E-state index contributed by atoms with van der Waals surface area (Å²) < 4.78 is 0. The Morgan fingerprint density at radius 3 is 2.29 bits per heavy atom. The molecular weight excluding hydrogens is 264 g/mol. The van der Waals surface area contributed by atoms with Crippen molar-refractivity contribution in [2.75, 3.05) is 5.43 Å². The second-order valence-corrected chi connectivity index (χ2v) is 7.08. The number of anilines is 1. The van der Waals surface area contributed by atoms with E-state index in [4.69, 9.17) is 0 Å². The van der Waals surface area contributed by atoms with E-state index in [9.17, 15) is 9.59 Å². The van der Waals surface area contributed by atoms with E-state index in [2.05, 4.69) is 24.7 Å². The predicted octanol–water partition coefficient (Wildman–Crippen LogP) is 2.92. The van der Waals surface area contributed by atoms with Crippen molar-refractivity contribution < 1.29 is 9.59 Å². The van der Waals surface area contributed by atoms with Crippen LogP contribution in [-0.2, 0) is 9.59 Å². The third-order valence-corrected chi connectivity index (χ3v) is 6.23. The van der Waals surface area contributed by atoms with Gasteiger partial charge in [-0.3, -0.25) is 20.4 Å². The van der Waals surface area contributed by atoms with E-state index in [1.807, 2.05) is 37.3 Å². The molecule has 2 aliphatic rings. The summed E-state index contributed by atoms with van der Waals surface area (Å²) in [6.45, 7) is 6.14. The van der Waals surface area contributed by atoms with Gasteiger partial charge < -0.3 is 0 Å². The molecule has 2 bridgehead atoms. The van der Waals surface area contributed by atoms with Gasteiger partial charge in [0.1, 0.15) is 5.78 Å². The fourth-order valence-corrected chi connectivity index (χ4v) is 4.13. The monoisotopic (exact) mass is 286 g/mol. The predicted molar refractivity (Wildman–Crippen MR) is 81.4 cm³/mol. The van der Waals surface area contributed by atoms with Crippen molar-refractivity contribution in [3.05, 3.63) is 30.3 Å². The Kier molecular flexibility index (Phi) is 2.91. The van der Waals surface area contributed by atoms with Crippen LogP contribution in [0, 0.1) is 16.2 Å². The number of carbonyl (C=O) groups is 2. The number of hydrazine groups is 1. The average Bonchev–Trinajstić information content (AvgIpc) is 2.76. The van der Waals surface area contributed by atoms with Crippen LogP contribution in [0.4, 0.5) is 5.69 Å². The van der Waals surface area contributed by atoms with Gasteiger partial charge >= 0.3 is 0 Å². The molecule has 4 nitrogen and oxygen atoms in total. The number of carbonyl (C=O) groups excluding carboxylic acids is 2. The molecule has 112 valence electrons. The number of Topliss-reactive ketones (excluding diaryl/α,β-unsaturated/α-hetero) is 1. The minimum Gasteiger partial charge on any atom is -0.299 e. The van der Waals surface area contributed by atoms with Crippen molar-refractivity contribution in [3.8, 4) is 0 Å². The van der Waals surface area contributed by atoms with Gasteiger partial charge in [0.05, 0.1) is 11.1 Å². The van der Waals surface area contributed by atoms with Gasteiger partial charge in [-0.25, -0.2) is 0 Å². The summed E-state index contributed by atoms with van der Waals surface area (Å²) >= 11 is 0. The quantitative estimate of drug-likeness (QED) is 0.840. The first-order valence-corrected chi connectivity index (χ1v) is 7.48. The van der Waals surface area contributed by atoms with E-state index in [0.29, 0.717) is 6.42 Å². The summed E-state index contributed by atoms with van der Waals surface area (Å²) in [7, 11) is 0. The van der Waals surface area contributed by atoms with E-state index in [0.717, 1.165) is 18.5 Å². The van der Waals surface area contributed by atoms with Gasteiger partial charge in [0.15, 0.2) is 0 Å². The van der Waals surface area contributed by atoms with Crippen LogP contribution >= 0.6 is 0 Å². The van der Waals surface area contributed by atoms with Crippen LogP contribution in [0.15, 0.2) is 30.3 Å². The van der Waals surface area contributed by atoms with E-state index in [1.54, 1.807) is 0 Å². The van der Waals surface area contributed by atoms with Gasteiger partial charge in [-0.2, -0.15) is 0 Å². The molecule has 2 N–H and O–H groups in total. The van der Waals surface area contributed by atoms with Gasteiger partial charge in [-0.15, -0.1) is 0 Å². The van der Waals surface area contributed by atoms with Crippen molar-refractivity contribution in [2.24, 2.45) is 16.2 Å². The summed E-state index contributed by atoms with van der Waals surface area (Å²) in [6.07, 6.45) is 1.95. The maximum atomic E-state index is 12.8. The molecule has 2 atom stereocenters. The lowest BCUT2D eigenvalue weighted by Crippen LogP contribution is -2.48. The number of ketones is 1. The highest BCUT2D eigenvalue weighted by molar-refractivity contribution is 5.99. The Bertz CT molecular complexity index is 596. The lowest BCUT2D eigenvalue weighted by molar-refractivity contribution is -0.136. The Labute approximate surface area is 125 Å². The largest absolute Gasteiger partial charge is 0.299 e. The maximum absolute atomic E-state index is 12.8. The number of amides is 1. The van der Waals surface area contributed by atoms with Crippen LogP contribution in [0.1, 0.15) is 40.0 Å². The van der Waals surface area contributed by atoms with Crippen LogP contribution < -0.4 is 10.9 Å². The first-order chi connectivity index (χ1) is 9.83. The SMILES string of the molecule is CC1(C)[C@@]2(C(=O)NNc3ccccc3)CC[C@@]1(C)C(=O)C2. The van der Waals surface area contributed by atoms with E-state index >= 15 is 0 Å². The zero-order valence-electron chi connectivity index (χ0n) is 12.8. The second kappa shape index (κ2) is 4.33. The minimum atomic E-state index is -0.583. The van der Waals surface area contributed by atoms with Gasteiger partial charge in [-0.1, -0.05) is 39.0 Å². The molecule has 2 saturated carbocycles. The van der Waals surface area contributed by atoms with Crippen LogP contribution in [0.2, 0.25) is 0 Å². The summed E-state index contributed by atoms with van der Waals surface area (Å²) in [5.41, 5.74) is 5.35. The van der Waals surface area contributed by atoms with Crippen molar-refractivity contribution >= 4 is 17.4 Å². The number of benzene rings is 1. The molecule has 1 amide bonds. The second-order valence-electron chi connectivity index (χ2n) is 7.08. The summed E-state index contributed by atoms with van der Waals surface area (Å²) in [6, 6.07) is 9.51. The Morgan fingerprint density at radius 2 is 1.76 bits per heavy atom. The van der Waals surface area contributed by atoms with Crippen LogP contribution in [0.25, 0.3) is 0 Å². The maximum Gasteiger partial charge on any atom is 0.245 e. The van der Waals surface area contributed by atoms with E-state index < -0.39 is 5.41 Å². The number of nitrogens with one attached hydrogen (secondary N) is 2. The molecule has 0 aliphatic heterocycles. The van der Waals surface area contributed by atoms with Gasteiger partial charge in [0.25, 0.3) is 0 Å². The smallest absolute Gasteiger partial charge is 0.245 e. The first-order valence-electron chi connectivity index (χ1n) is 7.48. The van der Waals surface area contributed by atoms with Crippen LogP contribution in [0.5, 0.6) is 0 Å². The summed E-state index contributed by atoms with van der Waals surface area (Å²) in [4.78, 5) is 25.1. The molecule has 1 aromatic carbocycles. The standard InChI is InChI=1S/C17H22N2O2/c1-15(2)16(3)9-10-17(15,11-13(16)20)14(21)19-18-12-7-5-4-6-8-12/h4-8,18H,9-11H2,1-3H3,(H,19,21)/t16-,17-/m0/s1. The molecule has 1 aromatic rings. The third-order valence-electron chi connectivity index (χ3n) is 6.23. The number of para-hydroxylation sites is 1. The topological polar surface area (TPSA) is 58.2 Å². The number of fused-ring (bicyclic) bond motifs is 2. The molecule has 0 spiro atoms. The van der Waals surface area contributed by atoms with Gasteiger partial charge in [0, 0.05) is 11.8 Å². The molecule has 2 aliphatic carbocycles. The highest BCUT2D eigenvalue weighted by Crippen LogP contribution is 2.70. The van der Waals surface area contributed by atoms with Crippen molar-refractivity contribution in [2.45, 2.75) is 40.0 Å². The Balaban J connectivity index is 1.80. The lowest BCUT2D eigenvalue weighted by Gasteiger charge is -2.38. The molecule has 3 rings (SSSR count). The van der Waals surface area contributed by atoms with Crippen molar-refractivity contribution in [3.63, 3.8) is 0 Å². The molecule has 0 radical (unpaired) electrons. The molecule has 0 unspecified atom stereocenters. The number of hydrogen-bond acceptors (Lipinski definition) is 3. The Hall–Kier alpha value is -1.84. The van der Waals surface area contributed by atoms with Gasteiger partial charge in [0.2, 0.25) is 5.91 Å². The Morgan fingerprint density at radius 1 is 1.10 bits per heavy atom. The normalized spacial score (nSPS) is 33.0. The highest BCUT2D eigenvalue weighted by Gasteiger charge is 2.72. The lowest BCUT2D eigenvalue weighted by atomic mass is 9.64. The zero-order valence-corrected chi connectivity index (χ0v) is 12.8. The highest BCUT2D eigenvalue weighted by atomic mass is 16.2. The molecule has 0 aromatic heterocycles. The first kappa shape index (κ1) is 14.1.